The van der Waals surface area contributed by atoms with Crippen molar-refractivity contribution in [3.63, 3.8) is 0 Å². The van der Waals surface area contributed by atoms with Gasteiger partial charge in [-0.15, -0.1) is 0 Å². The molecule has 4 nitrogen and oxygen atoms in total. The number of H-pyrrole nitrogens is 1. The van der Waals surface area contributed by atoms with Crippen LogP contribution in [-0.4, -0.2) is 15.1 Å². The lowest BCUT2D eigenvalue weighted by Crippen LogP contribution is -2.21. The predicted octanol–water partition coefficient (Wildman–Crippen LogP) is 3.12. The SMILES string of the molecule is CCC(NCc1ncc[nH]1)c1cc(Br)ccc1O. The Morgan fingerprint density at radius 3 is 3.00 bits per heavy atom. The van der Waals surface area contributed by atoms with Crippen molar-refractivity contribution in [2.45, 2.75) is 25.9 Å². The Morgan fingerprint density at radius 1 is 1.50 bits per heavy atom. The molecular weight excluding hydrogens is 294 g/mol. The molecule has 0 aliphatic heterocycles. The van der Waals surface area contributed by atoms with Crippen LogP contribution in [0.3, 0.4) is 0 Å². The molecule has 0 amide bonds. The van der Waals surface area contributed by atoms with E-state index in [2.05, 4.69) is 38.1 Å². The van der Waals surface area contributed by atoms with E-state index in [-0.39, 0.29) is 6.04 Å². The first-order valence-corrected chi connectivity index (χ1v) is 6.70. The van der Waals surface area contributed by atoms with Crippen LogP contribution in [0, 0.1) is 0 Å². The molecule has 0 saturated carbocycles. The van der Waals surface area contributed by atoms with E-state index in [0.29, 0.717) is 12.3 Å². The Balaban J connectivity index is 2.10. The van der Waals surface area contributed by atoms with Gasteiger partial charge in [0.25, 0.3) is 0 Å². The molecule has 1 unspecified atom stereocenters. The van der Waals surface area contributed by atoms with Gasteiger partial charge in [0.05, 0.1) is 6.54 Å². The Morgan fingerprint density at radius 2 is 2.33 bits per heavy atom. The maximum Gasteiger partial charge on any atom is 0.120 e. The van der Waals surface area contributed by atoms with E-state index < -0.39 is 0 Å². The third kappa shape index (κ3) is 3.11. The third-order valence-corrected chi connectivity index (χ3v) is 3.34. The van der Waals surface area contributed by atoms with E-state index in [1.165, 1.54) is 0 Å². The van der Waals surface area contributed by atoms with E-state index in [9.17, 15) is 5.11 Å². The summed E-state index contributed by atoms with van der Waals surface area (Å²) in [5, 5.41) is 13.3. The Labute approximate surface area is 115 Å². The Bertz CT molecular complexity index is 499. The number of halogens is 1. The quantitative estimate of drug-likeness (QED) is 0.795. The van der Waals surface area contributed by atoms with Crippen molar-refractivity contribution in [1.29, 1.82) is 0 Å². The molecule has 18 heavy (non-hydrogen) atoms. The standard InChI is InChI=1S/C13H16BrN3O/c1-2-11(17-8-13-15-5-6-16-13)10-7-9(14)3-4-12(10)18/h3-7,11,17-18H,2,8H2,1H3,(H,15,16). The van der Waals surface area contributed by atoms with Gasteiger partial charge in [0.1, 0.15) is 11.6 Å². The molecule has 5 heteroatoms. The van der Waals surface area contributed by atoms with Crippen molar-refractivity contribution in [2.24, 2.45) is 0 Å². The topological polar surface area (TPSA) is 60.9 Å². The molecule has 0 aliphatic carbocycles. The summed E-state index contributed by atoms with van der Waals surface area (Å²) in [5.41, 5.74) is 0.901. The van der Waals surface area contributed by atoms with Crippen LogP contribution in [0.5, 0.6) is 5.75 Å². The first-order valence-electron chi connectivity index (χ1n) is 5.90. The van der Waals surface area contributed by atoms with E-state index in [0.717, 1.165) is 22.3 Å². The van der Waals surface area contributed by atoms with Crippen LogP contribution in [0.1, 0.15) is 30.8 Å². The predicted molar refractivity (Wildman–Crippen MR) is 74.3 cm³/mol. The molecular formula is C13H16BrN3O. The molecule has 2 aromatic rings. The summed E-state index contributed by atoms with van der Waals surface area (Å²) < 4.78 is 0.966. The van der Waals surface area contributed by atoms with Gasteiger partial charge >= 0.3 is 0 Å². The summed E-state index contributed by atoms with van der Waals surface area (Å²) in [7, 11) is 0. The molecule has 3 N–H and O–H groups in total. The third-order valence-electron chi connectivity index (χ3n) is 2.84. The fraction of sp³-hybridized carbons (Fsp3) is 0.308. The van der Waals surface area contributed by atoms with Gasteiger partial charge in [-0.25, -0.2) is 4.98 Å². The van der Waals surface area contributed by atoms with Gasteiger partial charge < -0.3 is 15.4 Å². The second kappa shape index (κ2) is 6.02. The monoisotopic (exact) mass is 309 g/mol. The van der Waals surface area contributed by atoms with Gasteiger partial charge in [0.15, 0.2) is 0 Å². The second-order valence-electron chi connectivity index (χ2n) is 4.08. The lowest BCUT2D eigenvalue weighted by molar-refractivity contribution is 0.438. The highest BCUT2D eigenvalue weighted by atomic mass is 79.9. The zero-order valence-corrected chi connectivity index (χ0v) is 11.7. The number of nitrogens with one attached hydrogen (secondary N) is 2. The summed E-state index contributed by atoms with van der Waals surface area (Å²) in [6.45, 7) is 2.73. The maximum absolute atomic E-state index is 9.91. The van der Waals surface area contributed by atoms with Crippen LogP contribution in [0.25, 0.3) is 0 Å². The molecule has 2 rings (SSSR count). The molecule has 0 radical (unpaired) electrons. The number of aromatic amines is 1. The highest BCUT2D eigenvalue weighted by molar-refractivity contribution is 9.10. The van der Waals surface area contributed by atoms with Gasteiger partial charge in [-0.1, -0.05) is 22.9 Å². The molecule has 1 aromatic carbocycles. The van der Waals surface area contributed by atoms with Crippen LogP contribution in [0.2, 0.25) is 0 Å². The summed E-state index contributed by atoms with van der Waals surface area (Å²) in [5.74, 6) is 1.21. The number of hydrogen-bond acceptors (Lipinski definition) is 3. The molecule has 1 heterocycles. The van der Waals surface area contributed by atoms with Crippen molar-refractivity contribution >= 4 is 15.9 Å². The van der Waals surface area contributed by atoms with Crippen LogP contribution in [-0.2, 0) is 6.54 Å². The fourth-order valence-corrected chi connectivity index (χ4v) is 2.27. The highest BCUT2D eigenvalue weighted by Crippen LogP contribution is 2.29. The first-order chi connectivity index (χ1) is 8.70. The average Bonchev–Trinajstić information content (AvgIpc) is 2.87. The number of aromatic hydroxyl groups is 1. The van der Waals surface area contributed by atoms with Gasteiger partial charge in [0, 0.05) is 28.5 Å². The highest BCUT2D eigenvalue weighted by Gasteiger charge is 2.13. The number of phenolic OH excluding ortho intramolecular Hbond substituents is 1. The van der Waals surface area contributed by atoms with Crippen molar-refractivity contribution in [3.8, 4) is 5.75 Å². The lowest BCUT2D eigenvalue weighted by atomic mass is 10.0. The number of phenols is 1. The zero-order valence-electron chi connectivity index (χ0n) is 10.2. The molecule has 0 saturated heterocycles. The molecule has 0 fully saturated rings. The summed E-state index contributed by atoms with van der Waals surface area (Å²) in [6, 6.07) is 5.58. The van der Waals surface area contributed by atoms with Crippen molar-refractivity contribution in [1.82, 2.24) is 15.3 Å². The van der Waals surface area contributed by atoms with Gasteiger partial charge in [-0.05, 0) is 24.6 Å². The maximum atomic E-state index is 9.91. The molecule has 1 atom stereocenters. The second-order valence-corrected chi connectivity index (χ2v) is 5.00. The Hall–Kier alpha value is -1.33. The number of aromatic nitrogens is 2. The van der Waals surface area contributed by atoms with Crippen molar-refractivity contribution in [2.75, 3.05) is 0 Å². The van der Waals surface area contributed by atoms with Crippen molar-refractivity contribution < 1.29 is 5.11 Å². The van der Waals surface area contributed by atoms with E-state index >= 15 is 0 Å². The van der Waals surface area contributed by atoms with Gasteiger partial charge in [-0.2, -0.15) is 0 Å². The zero-order chi connectivity index (χ0) is 13.0. The van der Waals surface area contributed by atoms with E-state index in [1.54, 1.807) is 18.5 Å². The van der Waals surface area contributed by atoms with E-state index in [1.807, 2.05) is 12.1 Å². The molecule has 1 aromatic heterocycles. The smallest absolute Gasteiger partial charge is 0.120 e. The number of benzene rings is 1. The van der Waals surface area contributed by atoms with E-state index in [4.69, 9.17) is 0 Å². The molecule has 0 aliphatic rings. The van der Waals surface area contributed by atoms with Crippen LogP contribution in [0.15, 0.2) is 35.1 Å². The minimum absolute atomic E-state index is 0.104. The van der Waals surface area contributed by atoms with Gasteiger partial charge in [-0.3, -0.25) is 0 Å². The Kier molecular flexibility index (Phi) is 4.38. The number of imidazole rings is 1. The summed E-state index contributed by atoms with van der Waals surface area (Å²) >= 11 is 3.43. The molecule has 0 bridgehead atoms. The normalized spacial score (nSPS) is 12.6. The van der Waals surface area contributed by atoms with Crippen molar-refractivity contribution in [3.05, 3.63) is 46.5 Å². The van der Waals surface area contributed by atoms with Crippen LogP contribution < -0.4 is 5.32 Å². The number of rotatable bonds is 5. The van der Waals surface area contributed by atoms with Crippen LogP contribution in [0.4, 0.5) is 0 Å². The average molecular weight is 310 g/mol. The summed E-state index contributed by atoms with van der Waals surface area (Å²) in [4.78, 5) is 7.22. The fourth-order valence-electron chi connectivity index (χ4n) is 1.89. The van der Waals surface area contributed by atoms with Gasteiger partial charge in [0.2, 0.25) is 0 Å². The first kappa shape index (κ1) is 13.1. The molecule has 0 spiro atoms. The summed E-state index contributed by atoms with van der Waals surface area (Å²) in [6.07, 6.45) is 4.42. The van der Waals surface area contributed by atoms with Crippen LogP contribution >= 0.6 is 15.9 Å². The number of hydrogen-bond donors (Lipinski definition) is 3. The minimum atomic E-state index is 0.104. The number of nitrogens with zero attached hydrogens (tertiary/aromatic N) is 1. The minimum Gasteiger partial charge on any atom is -0.508 e. The molecule has 96 valence electrons. The largest absolute Gasteiger partial charge is 0.508 e. The lowest BCUT2D eigenvalue weighted by Gasteiger charge is -2.18.